The standard InChI is InChI=1S/C58H70Cl2N10O19S4/c1-37(2)28-50(54(84-6)18-19-61-64-52-30-39(4)48(35-56(52)88-22-12-26-92(78,79)80)67-65-45-16-14-41(32-43(45)59)86-20-8-10-24-90(72,73)74)62-58(71)63-51-29-38(3)47(34-55(51)85-7)69-70-53-31-40(5)49(36-57(53)89-23-13-27-93(81,82)83)68-66-46-17-15-42(33-44(46)60)87-21-9-11-25-91(75,76)77/h14-18,28-36H,1,8-13,19-27H2,2-7H3,(H2,62,63,71)(H,72,73,74)(H,75,76,77)(H,78,79,80)(H,81,82,83)/b50-28+,54-18+,64-61?,67-65?,68-66?,70-69?. The summed E-state index contributed by atoms with van der Waals surface area (Å²) < 4.78 is 161. The van der Waals surface area contributed by atoms with Crippen LogP contribution in [0.3, 0.4) is 0 Å². The molecule has 504 valence electrons. The summed E-state index contributed by atoms with van der Waals surface area (Å²) in [6.45, 7) is 10.7. The number of halogens is 2. The molecule has 0 atom stereocenters. The van der Waals surface area contributed by atoms with Crippen LogP contribution in [0.2, 0.25) is 10.0 Å². The Balaban J connectivity index is 1.31. The Kier molecular flexibility index (Phi) is 29.2. The number of rotatable bonds is 37. The number of hydrogen-bond acceptors (Lipinski definition) is 23. The fourth-order valence-corrected chi connectivity index (χ4v) is 10.4. The molecule has 0 spiro atoms. The van der Waals surface area contributed by atoms with Crippen LogP contribution in [0, 0.1) is 20.8 Å². The lowest BCUT2D eigenvalue weighted by Crippen LogP contribution is -2.29. The highest BCUT2D eigenvalue weighted by molar-refractivity contribution is 7.86. The maximum absolute atomic E-state index is 13.8. The Hall–Kier alpha value is -7.99. The Labute approximate surface area is 549 Å². The maximum atomic E-state index is 13.8. The van der Waals surface area contributed by atoms with Gasteiger partial charge in [0.25, 0.3) is 40.5 Å². The van der Waals surface area contributed by atoms with E-state index in [0.717, 1.165) is 0 Å². The van der Waals surface area contributed by atoms with Gasteiger partial charge in [0.2, 0.25) is 0 Å². The fourth-order valence-electron chi connectivity index (χ4n) is 7.85. The number of urea groups is 1. The number of aryl methyl sites for hydroxylation is 3. The zero-order chi connectivity index (χ0) is 68.5. The summed E-state index contributed by atoms with van der Waals surface area (Å²) in [6.07, 6.45) is 4.07. The quantitative estimate of drug-likeness (QED) is 0.00707. The number of unbranched alkanes of at least 4 members (excludes halogenated alkanes) is 2. The van der Waals surface area contributed by atoms with E-state index in [1.54, 1.807) is 76.2 Å². The second-order valence-corrected chi connectivity index (χ2v) is 27.3. The first kappa shape index (κ1) is 75.7. The fraction of sp³-hybridized carbons (Fsp3) is 0.362. The molecule has 0 aliphatic heterocycles. The number of azo groups is 4. The topological polar surface area (TPSA) is 413 Å². The second kappa shape index (κ2) is 35.9. The Morgan fingerprint density at radius 2 is 0.914 bits per heavy atom. The van der Waals surface area contributed by atoms with Crippen LogP contribution in [0.5, 0.6) is 28.7 Å². The molecule has 5 rings (SSSR count). The molecule has 0 aromatic heterocycles. The summed E-state index contributed by atoms with van der Waals surface area (Å²) in [5, 5.41) is 40.8. The molecule has 0 saturated heterocycles. The van der Waals surface area contributed by atoms with Crippen molar-refractivity contribution >= 4 is 115 Å². The first-order valence-corrected chi connectivity index (χ1v) is 35.2. The van der Waals surface area contributed by atoms with Crippen molar-refractivity contribution in [2.75, 3.05) is 75.5 Å². The van der Waals surface area contributed by atoms with Gasteiger partial charge < -0.3 is 39.1 Å². The first-order valence-electron chi connectivity index (χ1n) is 28.0. The minimum Gasteiger partial charge on any atom is -0.495 e. The number of nitrogens with one attached hydrogen (secondary N) is 2. The number of hydrogen-bond donors (Lipinski definition) is 6. The average Bonchev–Trinajstić information content (AvgIpc) is 1.01. The molecular weight excluding hydrogens is 1340 g/mol. The molecule has 0 radical (unpaired) electrons. The predicted octanol–water partition coefficient (Wildman–Crippen LogP) is 14.5. The molecular formula is C58H70Cl2N10O19S4. The van der Waals surface area contributed by atoms with Crippen LogP contribution in [0.15, 0.2) is 149 Å². The lowest BCUT2D eigenvalue weighted by molar-refractivity contribution is 0.251. The minimum atomic E-state index is -4.29. The summed E-state index contributed by atoms with van der Waals surface area (Å²) in [6, 6.07) is 18.0. The van der Waals surface area contributed by atoms with E-state index in [0.29, 0.717) is 63.7 Å². The lowest BCUT2D eigenvalue weighted by atomic mass is 10.1. The maximum Gasteiger partial charge on any atom is 0.323 e. The van der Waals surface area contributed by atoms with Gasteiger partial charge in [-0.3, -0.25) is 18.2 Å². The number of carbonyl (C=O) groups excluding carboxylic acids is 1. The number of methoxy groups -OCH3 is 2. The summed E-state index contributed by atoms with van der Waals surface area (Å²) >= 11 is 13.0. The highest BCUT2D eigenvalue weighted by Gasteiger charge is 2.18. The first-order chi connectivity index (χ1) is 43.8. The highest BCUT2D eigenvalue weighted by Crippen LogP contribution is 2.41. The van der Waals surface area contributed by atoms with E-state index < -0.39 is 58.0 Å². The van der Waals surface area contributed by atoms with Crippen LogP contribution in [0.4, 0.5) is 50.3 Å². The summed E-state index contributed by atoms with van der Waals surface area (Å²) in [5.74, 6) is -0.504. The van der Waals surface area contributed by atoms with Crippen LogP contribution in [0.25, 0.3) is 0 Å². The van der Waals surface area contributed by atoms with E-state index in [2.05, 4.69) is 58.1 Å². The van der Waals surface area contributed by atoms with E-state index in [9.17, 15) is 47.6 Å². The zero-order valence-corrected chi connectivity index (χ0v) is 56.1. The molecule has 5 aromatic carbocycles. The Morgan fingerprint density at radius 1 is 0.516 bits per heavy atom. The van der Waals surface area contributed by atoms with E-state index in [1.807, 2.05) is 0 Å². The lowest BCUT2D eigenvalue weighted by Gasteiger charge is -2.16. The third-order valence-electron chi connectivity index (χ3n) is 12.4. The van der Waals surface area contributed by atoms with Crippen molar-refractivity contribution in [2.45, 2.75) is 66.2 Å². The van der Waals surface area contributed by atoms with Crippen molar-refractivity contribution in [2.24, 2.45) is 40.9 Å². The monoisotopic (exact) mass is 1410 g/mol. The molecule has 5 aromatic rings. The Bertz CT molecular complexity index is 4150. The highest BCUT2D eigenvalue weighted by atomic mass is 35.5. The SMILES string of the molecule is C=C(C)/C=C(NC(=O)Nc1cc(C)c(N=Nc2cc(C)c(N=Nc3ccc(OCCCCS(=O)(=O)O)cc3Cl)cc2OCCCS(=O)(=O)O)cc1OC)\C(=C/CN=Nc1cc(C)c(N=Nc2ccc(OCCCCS(=O)(=O)O)cc2Cl)cc1OCCCS(=O)(=O)O)OC. The van der Waals surface area contributed by atoms with Gasteiger partial charge in [0.05, 0.1) is 109 Å². The molecule has 0 aliphatic carbocycles. The second-order valence-electron chi connectivity index (χ2n) is 20.2. The molecule has 35 heteroatoms. The van der Waals surface area contributed by atoms with Crippen molar-refractivity contribution in [1.82, 2.24) is 5.32 Å². The van der Waals surface area contributed by atoms with Crippen LogP contribution < -0.4 is 34.3 Å². The largest absolute Gasteiger partial charge is 0.495 e. The van der Waals surface area contributed by atoms with Crippen molar-refractivity contribution < 1.29 is 85.1 Å². The molecule has 6 N–H and O–H groups in total. The van der Waals surface area contributed by atoms with Gasteiger partial charge in [-0.25, -0.2) is 4.79 Å². The van der Waals surface area contributed by atoms with E-state index in [-0.39, 0.29) is 137 Å². The van der Waals surface area contributed by atoms with Gasteiger partial charge >= 0.3 is 6.03 Å². The Morgan fingerprint density at radius 3 is 1.33 bits per heavy atom. The third kappa shape index (κ3) is 28.0. The molecule has 0 bridgehead atoms. The van der Waals surface area contributed by atoms with Crippen molar-refractivity contribution in [1.29, 1.82) is 0 Å². The van der Waals surface area contributed by atoms with Gasteiger partial charge in [-0.2, -0.15) is 59.2 Å². The van der Waals surface area contributed by atoms with Gasteiger partial charge in [0, 0.05) is 30.3 Å². The number of carbonyl (C=O) groups is 1. The molecule has 0 saturated carbocycles. The smallest absolute Gasteiger partial charge is 0.323 e. The van der Waals surface area contributed by atoms with Crippen LogP contribution in [-0.2, 0) is 45.2 Å². The number of ether oxygens (including phenoxy) is 6. The average molecular weight is 1410 g/mol. The number of amides is 2. The number of benzene rings is 5. The van der Waals surface area contributed by atoms with E-state index >= 15 is 0 Å². The van der Waals surface area contributed by atoms with Crippen molar-refractivity contribution in [3.8, 4) is 28.7 Å². The van der Waals surface area contributed by atoms with Crippen LogP contribution in [0.1, 0.15) is 62.1 Å². The van der Waals surface area contributed by atoms with Crippen LogP contribution >= 0.6 is 23.2 Å². The van der Waals surface area contributed by atoms with Gasteiger partial charge in [-0.05, 0) is 138 Å². The van der Waals surface area contributed by atoms with Gasteiger partial charge in [0.1, 0.15) is 57.3 Å². The van der Waals surface area contributed by atoms with Gasteiger partial charge in [-0.15, -0.1) is 15.3 Å². The van der Waals surface area contributed by atoms with Crippen molar-refractivity contribution in [3.63, 3.8) is 0 Å². The van der Waals surface area contributed by atoms with Gasteiger partial charge in [0.15, 0.2) is 0 Å². The summed E-state index contributed by atoms with van der Waals surface area (Å²) in [5.41, 5.74) is 4.56. The van der Waals surface area contributed by atoms with E-state index in [4.69, 9.17) is 60.7 Å². The third-order valence-corrected chi connectivity index (χ3v) is 16.2. The zero-order valence-electron chi connectivity index (χ0n) is 51.3. The number of nitrogens with zero attached hydrogens (tertiary/aromatic N) is 8. The van der Waals surface area contributed by atoms with E-state index in [1.165, 1.54) is 50.6 Å². The minimum absolute atomic E-state index is 0.0711. The van der Waals surface area contributed by atoms with Crippen LogP contribution in [-0.4, -0.2) is 128 Å². The molecule has 0 heterocycles. The molecule has 0 unspecified atom stereocenters. The molecule has 2 amide bonds. The molecule has 29 nitrogen and oxygen atoms in total. The predicted molar refractivity (Wildman–Crippen MR) is 350 cm³/mol. The normalized spacial score (nSPS) is 12.7. The van der Waals surface area contributed by atoms with Crippen molar-refractivity contribution in [3.05, 3.63) is 135 Å². The molecule has 93 heavy (non-hydrogen) atoms. The molecule has 0 fully saturated rings. The van der Waals surface area contributed by atoms with Gasteiger partial charge in [-0.1, -0.05) is 35.4 Å². The summed E-state index contributed by atoms with van der Waals surface area (Å²) in [7, 11) is -14.0. The number of anilines is 1. The number of allylic oxidation sites excluding steroid dienone is 2. The molecule has 0 aliphatic rings. The summed E-state index contributed by atoms with van der Waals surface area (Å²) in [4.78, 5) is 13.8.